The minimum atomic E-state index is -0.269. The summed E-state index contributed by atoms with van der Waals surface area (Å²) < 4.78 is 5.43. The van der Waals surface area contributed by atoms with Gasteiger partial charge in [0.15, 0.2) is 0 Å². The fourth-order valence-electron chi connectivity index (χ4n) is 2.81. The van der Waals surface area contributed by atoms with Gasteiger partial charge >= 0.3 is 6.09 Å². The lowest BCUT2D eigenvalue weighted by Crippen LogP contribution is -2.36. The van der Waals surface area contributed by atoms with Crippen molar-refractivity contribution in [3.8, 4) is 5.75 Å². The summed E-state index contributed by atoms with van der Waals surface area (Å²) in [4.78, 5) is 16.4. The Morgan fingerprint density at radius 2 is 1.71 bits per heavy atom. The van der Waals surface area contributed by atoms with E-state index in [-0.39, 0.29) is 6.09 Å². The van der Waals surface area contributed by atoms with Crippen LogP contribution in [-0.4, -0.2) is 42.1 Å². The Labute approximate surface area is 147 Å². The molecule has 2 aromatic carbocycles. The predicted molar refractivity (Wildman–Crippen MR) is 95.4 cm³/mol. The average molecular weight is 345 g/mol. The van der Waals surface area contributed by atoms with E-state index in [2.05, 4.69) is 17.0 Å². The molecule has 0 unspecified atom stereocenters. The van der Waals surface area contributed by atoms with Crippen molar-refractivity contribution in [2.24, 2.45) is 0 Å². The van der Waals surface area contributed by atoms with Crippen molar-refractivity contribution in [3.63, 3.8) is 0 Å². The number of ether oxygens (including phenoxy) is 1. The van der Waals surface area contributed by atoms with Crippen LogP contribution >= 0.6 is 11.6 Å². The summed E-state index contributed by atoms with van der Waals surface area (Å²) in [6.07, 6.45) is 0.673. The summed E-state index contributed by atoms with van der Waals surface area (Å²) in [7, 11) is 0. The highest BCUT2D eigenvalue weighted by Crippen LogP contribution is 2.15. The fraction of sp³-hybridized carbons (Fsp3) is 0.316. The molecular formula is C19H21ClN2O2. The van der Waals surface area contributed by atoms with Crippen molar-refractivity contribution in [3.05, 3.63) is 65.2 Å². The number of carbonyl (C=O) groups excluding carboxylic acids is 1. The Kier molecular flexibility index (Phi) is 5.72. The second-order valence-electron chi connectivity index (χ2n) is 5.92. The lowest BCUT2D eigenvalue weighted by atomic mass is 10.2. The maximum Gasteiger partial charge on any atom is 0.415 e. The maximum atomic E-state index is 12.3. The second kappa shape index (κ2) is 8.18. The number of amides is 1. The first-order chi connectivity index (χ1) is 11.7. The van der Waals surface area contributed by atoms with E-state index in [0.29, 0.717) is 12.3 Å². The first kappa shape index (κ1) is 16.8. The molecule has 1 fully saturated rings. The molecule has 24 heavy (non-hydrogen) atoms. The van der Waals surface area contributed by atoms with Gasteiger partial charge in [0.2, 0.25) is 0 Å². The van der Waals surface area contributed by atoms with E-state index in [1.54, 1.807) is 17.0 Å². The Hall–Kier alpha value is -2.04. The van der Waals surface area contributed by atoms with Crippen molar-refractivity contribution in [2.75, 3.05) is 26.2 Å². The van der Waals surface area contributed by atoms with Gasteiger partial charge in [0, 0.05) is 37.7 Å². The van der Waals surface area contributed by atoms with E-state index in [1.807, 2.05) is 30.3 Å². The summed E-state index contributed by atoms with van der Waals surface area (Å²) >= 11 is 5.93. The molecule has 1 aliphatic heterocycles. The van der Waals surface area contributed by atoms with Gasteiger partial charge in [0.05, 0.1) is 0 Å². The van der Waals surface area contributed by atoms with Crippen molar-refractivity contribution < 1.29 is 9.53 Å². The zero-order valence-electron chi connectivity index (χ0n) is 13.5. The molecule has 0 saturated carbocycles. The van der Waals surface area contributed by atoms with Crippen LogP contribution in [0.2, 0.25) is 5.02 Å². The van der Waals surface area contributed by atoms with Gasteiger partial charge in [-0.15, -0.1) is 0 Å². The number of nitrogens with zero attached hydrogens (tertiary/aromatic N) is 2. The van der Waals surface area contributed by atoms with Crippen LogP contribution < -0.4 is 4.74 Å². The molecule has 1 amide bonds. The third kappa shape index (κ3) is 4.73. The molecule has 0 spiro atoms. The highest BCUT2D eigenvalue weighted by Gasteiger charge is 2.20. The van der Waals surface area contributed by atoms with Gasteiger partial charge in [-0.25, -0.2) is 4.79 Å². The van der Waals surface area contributed by atoms with Crippen LogP contribution in [0.25, 0.3) is 0 Å². The highest BCUT2D eigenvalue weighted by molar-refractivity contribution is 6.30. The Morgan fingerprint density at radius 1 is 0.958 bits per heavy atom. The molecule has 4 nitrogen and oxygen atoms in total. The summed E-state index contributed by atoms with van der Waals surface area (Å²) in [6, 6.07) is 17.1. The van der Waals surface area contributed by atoms with Crippen LogP contribution in [0.15, 0.2) is 54.6 Å². The van der Waals surface area contributed by atoms with Crippen molar-refractivity contribution in [2.45, 2.75) is 13.0 Å². The summed E-state index contributed by atoms with van der Waals surface area (Å²) in [5.41, 5.74) is 1.24. The quantitative estimate of drug-likeness (QED) is 0.842. The van der Waals surface area contributed by atoms with E-state index >= 15 is 0 Å². The molecule has 3 rings (SSSR count). The first-order valence-electron chi connectivity index (χ1n) is 8.19. The van der Waals surface area contributed by atoms with Crippen LogP contribution in [0.1, 0.15) is 12.0 Å². The summed E-state index contributed by atoms with van der Waals surface area (Å²) in [5, 5.41) is 0.754. The summed E-state index contributed by atoms with van der Waals surface area (Å²) in [5.74, 6) is 0.588. The Balaban J connectivity index is 1.52. The molecule has 0 radical (unpaired) electrons. The third-order valence-corrected chi connectivity index (χ3v) is 4.37. The maximum absolute atomic E-state index is 12.3. The lowest BCUT2D eigenvalue weighted by molar-refractivity contribution is 0.153. The molecule has 0 N–H and O–H groups in total. The van der Waals surface area contributed by atoms with Crippen LogP contribution in [0.5, 0.6) is 5.75 Å². The van der Waals surface area contributed by atoms with Crippen molar-refractivity contribution in [1.29, 1.82) is 0 Å². The molecule has 0 aromatic heterocycles. The topological polar surface area (TPSA) is 32.8 Å². The van der Waals surface area contributed by atoms with Gasteiger partial charge in [0.25, 0.3) is 0 Å². The Morgan fingerprint density at radius 3 is 2.46 bits per heavy atom. The van der Waals surface area contributed by atoms with Gasteiger partial charge in [-0.1, -0.05) is 41.9 Å². The number of carbonyl (C=O) groups is 1. The fourth-order valence-corrected chi connectivity index (χ4v) is 2.94. The molecule has 1 aliphatic rings. The van der Waals surface area contributed by atoms with E-state index < -0.39 is 0 Å². The third-order valence-electron chi connectivity index (χ3n) is 4.11. The van der Waals surface area contributed by atoms with E-state index in [0.717, 1.165) is 37.6 Å². The monoisotopic (exact) mass is 344 g/mol. The van der Waals surface area contributed by atoms with Gasteiger partial charge in [-0.2, -0.15) is 0 Å². The second-order valence-corrected chi connectivity index (χ2v) is 6.36. The van der Waals surface area contributed by atoms with E-state index in [4.69, 9.17) is 16.3 Å². The van der Waals surface area contributed by atoms with Gasteiger partial charge in [0.1, 0.15) is 5.75 Å². The van der Waals surface area contributed by atoms with Crippen LogP contribution in [0, 0.1) is 0 Å². The van der Waals surface area contributed by atoms with Crippen molar-refractivity contribution >= 4 is 17.7 Å². The van der Waals surface area contributed by atoms with Gasteiger partial charge in [-0.3, -0.25) is 4.90 Å². The lowest BCUT2D eigenvalue weighted by Gasteiger charge is -2.21. The molecular weight excluding hydrogens is 324 g/mol. The zero-order valence-corrected chi connectivity index (χ0v) is 14.3. The number of hydrogen-bond donors (Lipinski definition) is 0. The molecule has 1 saturated heterocycles. The molecule has 0 bridgehead atoms. The normalized spacial score (nSPS) is 15.8. The molecule has 2 aromatic rings. The van der Waals surface area contributed by atoms with Crippen molar-refractivity contribution in [1.82, 2.24) is 9.80 Å². The standard InChI is InChI=1S/C19H21ClN2O2/c20-17-9-7-16(8-10-17)15-21-11-4-12-22(14-13-21)19(23)24-18-5-2-1-3-6-18/h1-3,5-10H,4,11-15H2. The molecule has 0 aliphatic carbocycles. The molecule has 5 heteroatoms. The van der Waals surface area contributed by atoms with Crippen LogP contribution in [0.3, 0.4) is 0 Å². The highest BCUT2D eigenvalue weighted by atomic mass is 35.5. The number of rotatable bonds is 3. The Bertz CT molecular complexity index is 661. The zero-order chi connectivity index (χ0) is 16.8. The predicted octanol–water partition coefficient (Wildman–Crippen LogP) is 4.05. The SMILES string of the molecule is O=C(Oc1ccccc1)N1CCCN(Cc2ccc(Cl)cc2)CC1. The smallest absolute Gasteiger partial charge is 0.410 e. The molecule has 1 heterocycles. The van der Waals surface area contributed by atoms with E-state index in [1.165, 1.54) is 5.56 Å². The number of hydrogen-bond acceptors (Lipinski definition) is 3. The number of halogens is 1. The molecule has 0 atom stereocenters. The number of para-hydroxylation sites is 1. The minimum absolute atomic E-state index is 0.269. The summed E-state index contributed by atoms with van der Waals surface area (Å²) in [6.45, 7) is 4.09. The number of benzene rings is 2. The molecule has 126 valence electrons. The van der Waals surface area contributed by atoms with Gasteiger partial charge < -0.3 is 9.64 Å². The first-order valence-corrected chi connectivity index (χ1v) is 8.57. The van der Waals surface area contributed by atoms with Crippen LogP contribution in [0.4, 0.5) is 4.79 Å². The van der Waals surface area contributed by atoms with E-state index in [9.17, 15) is 4.79 Å². The average Bonchev–Trinajstić information content (AvgIpc) is 2.83. The minimum Gasteiger partial charge on any atom is -0.410 e. The van der Waals surface area contributed by atoms with Gasteiger partial charge in [-0.05, 0) is 36.2 Å². The van der Waals surface area contributed by atoms with Crippen LogP contribution in [-0.2, 0) is 6.54 Å². The largest absolute Gasteiger partial charge is 0.415 e.